The van der Waals surface area contributed by atoms with Gasteiger partial charge in [-0.15, -0.1) is 13.2 Å². The Morgan fingerprint density at radius 3 is 2.50 bits per heavy atom. The molecule has 7 nitrogen and oxygen atoms in total. The van der Waals surface area contributed by atoms with Crippen molar-refractivity contribution in [3.05, 3.63) is 101 Å². The molecule has 0 saturated carbocycles. The molecule has 210 valence electrons. The Balaban J connectivity index is 1.55. The molecule has 0 bridgehead atoms. The summed E-state index contributed by atoms with van der Waals surface area (Å²) < 4.78 is 50.9. The van der Waals surface area contributed by atoms with Gasteiger partial charge < -0.3 is 19.5 Å². The topological polar surface area (TPSA) is 76.8 Å². The van der Waals surface area contributed by atoms with Gasteiger partial charge in [-0.3, -0.25) is 0 Å². The van der Waals surface area contributed by atoms with Crippen molar-refractivity contribution in [1.29, 1.82) is 0 Å². The molecule has 10 heteroatoms. The zero-order valence-electron chi connectivity index (χ0n) is 22.6. The number of alkyl halides is 3. The summed E-state index contributed by atoms with van der Waals surface area (Å²) in [5.41, 5.74) is 4.61. The van der Waals surface area contributed by atoms with Gasteiger partial charge in [0.1, 0.15) is 18.0 Å². The van der Waals surface area contributed by atoms with Gasteiger partial charge in [0.05, 0.1) is 17.5 Å². The number of carboxylic acids is 1. The first kappa shape index (κ1) is 28.5. The number of aryl methyl sites for hydroxylation is 1. The first-order valence-corrected chi connectivity index (χ1v) is 12.6. The van der Waals surface area contributed by atoms with Crippen molar-refractivity contribution in [1.82, 2.24) is 9.78 Å². The molecule has 4 aromatic rings. The predicted octanol–water partition coefficient (Wildman–Crippen LogP) is 7.12. The molecular formula is C30H30F3N3O4. The SMILES string of the molecule is Cc1cc(OCc2c(C(C)C)cnn2-c2ccccc2OC(F)(F)F)ccc1N(C)Cc1cccc(C(=O)O)c1. The van der Waals surface area contributed by atoms with E-state index in [0.29, 0.717) is 18.0 Å². The molecule has 0 radical (unpaired) electrons. The van der Waals surface area contributed by atoms with E-state index in [0.717, 1.165) is 22.4 Å². The lowest BCUT2D eigenvalue weighted by atomic mass is 10.0. The van der Waals surface area contributed by atoms with Crippen LogP contribution in [-0.4, -0.2) is 34.3 Å². The van der Waals surface area contributed by atoms with Gasteiger partial charge in [-0.1, -0.05) is 38.1 Å². The lowest BCUT2D eigenvalue weighted by molar-refractivity contribution is -0.274. The Hall–Kier alpha value is -4.47. The maximum atomic E-state index is 13.0. The third kappa shape index (κ3) is 6.74. The smallest absolute Gasteiger partial charge is 0.487 e. The van der Waals surface area contributed by atoms with Gasteiger partial charge in [0.2, 0.25) is 0 Å². The molecule has 1 N–H and O–H groups in total. The maximum Gasteiger partial charge on any atom is 0.573 e. The number of para-hydroxylation sites is 2. The van der Waals surface area contributed by atoms with E-state index < -0.39 is 12.3 Å². The first-order chi connectivity index (χ1) is 18.9. The highest BCUT2D eigenvalue weighted by molar-refractivity contribution is 5.87. The highest BCUT2D eigenvalue weighted by atomic mass is 19.4. The fraction of sp³-hybridized carbons (Fsp3) is 0.267. The van der Waals surface area contributed by atoms with Crippen LogP contribution in [0.15, 0.2) is 72.9 Å². The van der Waals surface area contributed by atoms with Crippen molar-refractivity contribution < 1.29 is 32.5 Å². The van der Waals surface area contributed by atoms with Gasteiger partial charge in [0.25, 0.3) is 0 Å². The van der Waals surface area contributed by atoms with Crippen LogP contribution in [0.5, 0.6) is 11.5 Å². The van der Waals surface area contributed by atoms with Crippen LogP contribution in [0.25, 0.3) is 5.69 Å². The number of nitrogens with zero attached hydrogens (tertiary/aromatic N) is 3. The normalized spacial score (nSPS) is 11.5. The average Bonchev–Trinajstić information content (AvgIpc) is 3.31. The number of ether oxygens (including phenoxy) is 2. The number of carbonyl (C=O) groups is 1. The molecule has 0 aliphatic heterocycles. The Morgan fingerprint density at radius 2 is 1.82 bits per heavy atom. The second-order valence-electron chi connectivity index (χ2n) is 9.73. The number of benzene rings is 3. The molecule has 0 unspecified atom stereocenters. The lowest BCUT2D eigenvalue weighted by Crippen LogP contribution is -2.19. The Labute approximate surface area is 230 Å². The minimum absolute atomic E-state index is 0.0560. The third-order valence-electron chi connectivity index (χ3n) is 6.39. The largest absolute Gasteiger partial charge is 0.573 e. The second-order valence-corrected chi connectivity index (χ2v) is 9.73. The Bertz CT molecular complexity index is 1500. The van der Waals surface area contributed by atoms with E-state index in [-0.39, 0.29) is 29.5 Å². The van der Waals surface area contributed by atoms with E-state index in [2.05, 4.69) is 9.84 Å². The number of hydrogen-bond acceptors (Lipinski definition) is 5. The summed E-state index contributed by atoms with van der Waals surface area (Å²) in [7, 11) is 1.92. The number of hydrogen-bond donors (Lipinski definition) is 1. The zero-order chi connectivity index (χ0) is 29.0. The number of aromatic nitrogens is 2. The van der Waals surface area contributed by atoms with Crippen molar-refractivity contribution in [2.24, 2.45) is 0 Å². The van der Waals surface area contributed by atoms with Crippen molar-refractivity contribution >= 4 is 11.7 Å². The predicted molar refractivity (Wildman–Crippen MR) is 145 cm³/mol. The summed E-state index contributed by atoms with van der Waals surface area (Å²) >= 11 is 0. The zero-order valence-corrected chi connectivity index (χ0v) is 22.6. The van der Waals surface area contributed by atoms with Crippen LogP contribution in [0.2, 0.25) is 0 Å². The van der Waals surface area contributed by atoms with Crippen LogP contribution in [-0.2, 0) is 13.2 Å². The van der Waals surface area contributed by atoms with Crippen molar-refractivity contribution in [2.75, 3.05) is 11.9 Å². The van der Waals surface area contributed by atoms with Crippen LogP contribution in [0, 0.1) is 6.92 Å². The Morgan fingerprint density at radius 1 is 1.07 bits per heavy atom. The monoisotopic (exact) mass is 553 g/mol. The van der Waals surface area contributed by atoms with Crippen LogP contribution >= 0.6 is 0 Å². The van der Waals surface area contributed by atoms with Gasteiger partial charge in [-0.2, -0.15) is 5.10 Å². The van der Waals surface area contributed by atoms with Crippen molar-refractivity contribution in [3.8, 4) is 17.2 Å². The molecule has 0 spiro atoms. The average molecular weight is 554 g/mol. The third-order valence-corrected chi connectivity index (χ3v) is 6.39. The second kappa shape index (κ2) is 11.7. The molecule has 0 aliphatic carbocycles. The van der Waals surface area contributed by atoms with Crippen LogP contribution in [0.3, 0.4) is 0 Å². The fourth-order valence-electron chi connectivity index (χ4n) is 4.52. The van der Waals surface area contributed by atoms with E-state index in [1.807, 2.05) is 57.0 Å². The highest BCUT2D eigenvalue weighted by Crippen LogP contribution is 2.32. The first-order valence-electron chi connectivity index (χ1n) is 12.6. The number of anilines is 1. The van der Waals surface area contributed by atoms with Gasteiger partial charge >= 0.3 is 12.3 Å². The van der Waals surface area contributed by atoms with Gasteiger partial charge in [0.15, 0.2) is 5.75 Å². The maximum absolute atomic E-state index is 13.0. The summed E-state index contributed by atoms with van der Waals surface area (Å²) in [6, 6.07) is 18.3. The van der Waals surface area contributed by atoms with E-state index in [4.69, 9.17) is 4.74 Å². The molecule has 0 saturated heterocycles. The molecule has 1 aromatic heterocycles. The van der Waals surface area contributed by atoms with Crippen molar-refractivity contribution in [3.63, 3.8) is 0 Å². The Kier molecular flexibility index (Phi) is 8.37. The molecular weight excluding hydrogens is 523 g/mol. The van der Waals surface area contributed by atoms with Crippen LogP contribution < -0.4 is 14.4 Å². The standard InChI is InChI=1S/C30H30F3N3O4/c1-19(2)24-16-34-36(26-10-5-6-11-28(26)40-30(31,32)33)27(24)18-39-23-12-13-25(20(3)14-23)35(4)17-21-8-7-9-22(15-21)29(37)38/h5-16,19H,17-18H2,1-4H3,(H,37,38). The number of aromatic carboxylic acids is 1. The van der Waals surface area contributed by atoms with E-state index in [1.54, 1.807) is 30.5 Å². The summed E-state index contributed by atoms with van der Waals surface area (Å²) in [5.74, 6) is -0.683. The fourth-order valence-corrected chi connectivity index (χ4v) is 4.52. The number of halogens is 3. The molecule has 0 amide bonds. The van der Waals surface area contributed by atoms with Gasteiger partial charge in [0, 0.05) is 19.3 Å². The van der Waals surface area contributed by atoms with Crippen LogP contribution in [0.1, 0.15) is 52.5 Å². The summed E-state index contributed by atoms with van der Waals surface area (Å²) in [5, 5.41) is 13.6. The van der Waals surface area contributed by atoms with Crippen LogP contribution in [0.4, 0.5) is 18.9 Å². The molecule has 4 rings (SSSR count). The molecule has 1 heterocycles. The highest BCUT2D eigenvalue weighted by Gasteiger charge is 2.32. The quantitative estimate of drug-likeness (QED) is 0.225. The minimum Gasteiger partial charge on any atom is -0.487 e. The lowest BCUT2D eigenvalue weighted by Gasteiger charge is -2.22. The molecule has 0 aliphatic rings. The van der Waals surface area contributed by atoms with Gasteiger partial charge in [-0.05, 0) is 72.0 Å². The molecule has 3 aromatic carbocycles. The minimum atomic E-state index is -4.84. The molecule has 0 fully saturated rings. The van der Waals surface area contributed by atoms with Crippen molar-refractivity contribution in [2.45, 2.75) is 46.2 Å². The van der Waals surface area contributed by atoms with Gasteiger partial charge in [-0.25, -0.2) is 9.48 Å². The van der Waals surface area contributed by atoms with E-state index >= 15 is 0 Å². The molecule has 40 heavy (non-hydrogen) atoms. The number of rotatable bonds is 10. The summed E-state index contributed by atoms with van der Waals surface area (Å²) in [6.07, 6.45) is -3.21. The summed E-state index contributed by atoms with van der Waals surface area (Å²) in [6.45, 7) is 6.48. The summed E-state index contributed by atoms with van der Waals surface area (Å²) in [4.78, 5) is 13.3. The molecule has 0 atom stereocenters. The number of carboxylic acid groups (broad SMARTS) is 1. The van der Waals surface area contributed by atoms with E-state index in [9.17, 15) is 23.1 Å². The van der Waals surface area contributed by atoms with E-state index in [1.165, 1.54) is 22.9 Å².